The number of anilines is 1. The number of nitrogens with zero attached hydrogens (tertiary/aromatic N) is 3. The first kappa shape index (κ1) is 12.0. The highest BCUT2D eigenvalue weighted by atomic mass is 35.5. The van der Waals surface area contributed by atoms with Gasteiger partial charge in [-0.25, -0.2) is 4.98 Å². The van der Waals surface area contributed by atoms with Gasteiger partial charge >= 0.3 is 0 Å². The van der Waals surface area contributed by atoms with Crippen molar-refractivity contribution in [3.8, 4) is 0 Å². The minimum Gasteiger partial charge on any atom is -0.378 e. The highest BCUT2D eigenvalue weighted by molar-refractivity contribution is 6.30. The second-order valence-electron chi connectivity index (χ2n) is 4.32. The largest absolute Gasteiger partial charge is 0.378 e. The fraction of sp³-hybridized carbons (Fsp3) is 0.143. The number of imidazole rings is 1. The Bertz CT molecular complexity index is 720. The topological polar surface area (TPSA) is 42.7 Å². The Morgan fingerprint density at radius 2 is 2.21 bits per heavy atom. The van der Waals surface area contributed by atoms with Gasteiger partial charge in [-0.15, -0.1) is 0 Å². The molecule has 0 bridgehead atoms. The molecule has 0 radical (unpaired) electrons. The number of fused-ring (bicyclic) bond motifs is 1. The summed E-state index contributed by atoms with van der Waals surface area (Å²) >= 11 is 5.95. The third-order valence-electron chi connectivity index (χ3n) is 3.05. The lowest BCUT2D eigenvalue weighted by atomic mass is 10.3. The van der Waals surface area contributed by atoms with Crippen molar-refractivity contribution in [3.63, 3.8) is 0 Å². The second-order valence-corrected chi connectivity index (χ2v) is 4.75. The summed E-state index contributed by atoms with van der Waals surface area (Å²) in [6.45, 7) is 0.644. The first-order valence-electron chi connectivity index (χ1n) is 5.99. The zero-order valence-corrected chi connectivity index (χ0v) is 11.2. The van der Waals surface area contributed by atoms with E-state index in [-0.39, 0.29) is 0 Å². The number of pyridine rings is 1. The zero-order chi connectivity index (χ0) is 13.2. The van der Waals surface area contributed by atoms with Crippen LogP contribution in [0.4, 0.5) is 5.69 Å². The molecule has 5 heteroatoms. The predicted molar refractivity (Wildman–Crippen MR) is 77.3 cm³/mol. The average molecular weight is 273 g/mol. The third-order valence-corrected chi connectivity index (χ3v) is 3.29. The number of aromatic nitrogens is 3. The van der Waals surface area contributed by atoms with Crippen LogP contribution in [0.15, 0.2) is 42.7 Å². The van der Waals surface area contributed by atoms with Crippen LogP contribution in [0.25, 0.3) is 11.0 Å². The highest BCUT2D eigenvalue weighted by Gasteiger charge is 2.06. The molecule has 0 unspecified atom stereocenters. The molecule has 2 heterocycles. The molecule has 0 aliphatic rings. The molecule has 0 spiro atoms. The molecular formula is C14H13ClN4. The Morgan fingerprint density at radius 1 is 1.32 bits per heavy atom. The van der Waals surface area contributed by atoms with Crippen LogP contribution in [0.5, 0.6) is 0 Å². The van der Waals surface area contributed by atoms with E-state index in [2.05, 4.69) is 19.9 Å². The Labute approximate surface area is 116 Å². The first-order chi connectivity index (χ1) is 9.24. The molecule has 0 aliphatic heterocycles. The minimum absolute atomic E-state index is 0.644. The Kier molecular flexibility index (Phi) is 3.09. The normalized spacial score (nSPS) is 10.8. The summed E-state index contributed by atoms with van der Waals surface area (Å²) in [6.07, 6.45) is 3.55. The van der Waals surface area contributed by atoms with Gasteiger partial charge in [0.25, 0.3) is 0 Å². The number of aryl methyl sites for hydroxylation is 1. The van der Waals surface area contributed by atoms with E-state index in [1.165, 1.54) is 0 Å². The molecule has 4 nitrogen and oxygen atoms in total. The van der Waals surface area contributed by atoms with Gasteiger partial charge in [-0.2, -0.15) is 0 Å². The van der Waals surface area contributed by atoms with Crippen molar-refractivity contribution in [3.05, 3.63) is 53.6 Å². The summed E-state index contributed by atoms with van der Waals surface area (Å²) in [5.41, 5.74) is 2.98. The molecule has 96 valence electrons. The van der Waals surface area contributed by atoms with Crippen LogP contribution >= 0.6 is 11.6 Å². The molecule has 1 aromatic carbocycles. The number of benzene rings is 1. The fourth-order valence-corrected chi connectivity index (χ4v) is 2.23. The van der Waals surface area contributed by atoms with Crippen molar-refractivity contribution in [2.45, 2.75) is 6.54 Å². The molecule has 3 rings (SSSR count). The lowest BCUT2D eigenvalue weighted by Crippen LogP contribution is -2.05. The molecule has 0 saturated heterocycles. The van der Waals surface area contributed by atoms with E-state index in [0.29, 0.717) is 6.54 Å². The first-order valence-corrected chi connectivity index (χ1v) is 6.36. The van der Waals surface area contributed by atoms with Gasteiger partial charge in [0.2, 0.25) is 0 Å². The van der Waals surface area contributed by atoms with E-state index in [1.54, 1.807) is 12.4 Å². The van der Waals surface area contributed by atoms with Crippen LogP contribution in [0, 0.1) is 0 Å². The van der Waals surface area contributed by atoms with Gasteiger partial charge in [-0.05, 0) is 24.3 Å². The Hall–Kier alpha value is -2.07. The van der Waals surface area contributed by atoms with Gasteiger partial charge in [0.15, 0.2) is 0 Å². The SMILES string of the molecule is Cn1c(CNc2cccc(Cl)c2)nc2cnccc21. The van der Waals surface area contributed by atoms with E-state index < -0.39 is 0 Å². The number of hydrogen-bond donors (Lipinski definition) is 1. The third kappa shape index (κ3) is 2.39. The predicted octanol–water partition coefficient (Wildman–Crippen LogP) is 3.23. The highest BCUT2D eigenvalue weighted by Crippen LogP contribution is 2.17. The summed E-state index contributed by atoms with van der Waals surface area (Å²) in [5, 5.41) is 4.04. The minimum atomic E-state index is 0.644. The van der Waals surface area contributed by atoms with Crippen molar-refractivity contribution < 1.29 is 0 Å². The van der Waals surface area contributed by atoms with Gasteiger partial charge in [0, 0.05) is 24.0 Å². The maximum absolute atomic E-state index is 5.95. The maximum Gasteiger partial charge on any atom is 0.129 e. The molecule has 2 aromatic heterocycles. The standard InChI is InChI=1S/C14H13ClN4/c1-19-13-5-6-16-8-12(13)18-14(19)9-17-11-4-2-3-10(15)7-11/h2-8,17H,9H2,1H3. The molecule has 0 amide bonds. The summed E-state index contributed by atoms with van der Waals surface area (Å²) in [7, 11) is 2.00. The molecule has 3 aromatic rings. The summed E-state index contributed by atoms with van der Waals surface area (Å²) in [6, 6.07) is 9.62. The van der Waals surface area contributed by atoms with E-state index in [4.69, 9.17) is 11.6 Å². The van der Waals surface area contributed by atoms with E-state index in [1.807, 2.05) is 37.4 Å². The van der Waals surface area contributed by atoms with Crippen LogP contribution in [-0.2, 0) is 13.6 Å². The van der Waals surface area contributed by atoms with Crippen LogP contribution in [0.3, 0.4) is 0 Å². The van der Waals surface area contributed by atoms with E-state index in [9.17, 15) is 0 Å². The van der Waals surface area contributed by atoms with Crippen LogP contribution in [0.1, 0.15) is 5.82 Å². The van der Waals surface area contributed by atoms with Gasteiger partial charge in [0.05, 0.1) is 18.3 Å². The quantitative estimate of drug-likeness (QED) is 0.796. The molecular weight excluding hydrogens is 260 g/mol. The van der Waals surface area contributed by atoms with E-state index >= 15 is 0 Å². The van der Waals surface area contributed by atoms with Crippen molar-refractivity contribution in [2.75, 3.05) is 5.32 Å². The summed E-state index contributed by atoms with van der Waals surface area (Å²) < 4.78 is 2.06. The maximum atomic E-state index is 5.95. The Balaban J connectivity index is 1.84. The van der Waals surface area contributed by atoms with E-state index in [0.717, 1.165) is 27.6 Å². The molecule has 0 atom stereocenters. The van der Waals surface area contributed by atoms with Gasteiger partial charge in [-0.3, -0.25) is 4.98 Å². The van der Waals surface area contributed by atoms with Gasteiger partial charge in [0.1, 0.15) is 11.3 Å². The van der Waals surface area contributed by atoms with Crippen molar-refractivity contribution in [2.24, 2.45) is 7.05 Å². The number of rotatable bonds is 3. The smallest absolute Gasteiger partial charge is 0.129 e. The lowest BCUT2D eigenvalue weighted by molar-refractivity contribution is 0.834. The van der Waals surface area contributed by atoms with Crippen molar-refractivity contribution in [1.82, 2.24) is 14.5 Å². The summed E-state index contributed by atoms with van der Waals surface area (Å²) in [5.74, 6) is 0.961. The number of nitrogens with one attached hydrogen (secondary N) is 1. The molecule has 19 heavy (non-hydrogen) atoms. The van der Waals surface area contributed by atoms with Crippen LogP contribution in [-0.4, -0.2) is 14.5 Å². The number of halogens is 1. The van der Waals surface area contributed by atoms with Crippen LogP contribution in [0.2, 0.25) is 5.02 Å². The van der Waals surface area contributed by atoms with Crippen molar-refractivity contribution >= 4 is 28.3 Å². The Morgan fingerprint density at radius 3 is 3.00 bits per heavy atom. The second kappa shape index (κ2) is 4.90. The molecule has 1 N–H and O–H groups in total. The molecule has 0 saturated carbocycles. The van der Waals surface area contributed by atoms with Gasteiger partial charge < -0.3 is 9.88 Å². The number of hydrogen-bond acceptors (Lipinski definition) is 3. The van der Waals surface area contributed by atoms with Crippen molar-refractivity contribution in [1.29, 1.82) is 0 Å². The molecule has 0 fully saturated rings. The monoisotopic (exact) mass is 272 g/mol. The van der Waals surface area contributed by atoms with Gasteiger partial charge in [-0.1, -0.05) is 17.7 Å². The molecule has 0 aliphatic carbocycles. The lowest BCUT2D eigenvalue weighted by Gasteiger charge is -2.06. The average Bonchev–Trinajstić information content (AvgIpc) is 2.74. The zero-order valence-electron chi connectivity index (χ0n) is 10.5. The van der Waals surface area contributed by atoms with Crippen LogP contribution < -0.4 is 5.32 Å². The fourth-order valence-electron chi connectivity index (χ4n) is 2.04. The summed E-state index contributed by atoms with van der Waals surface area (Å²) in [4.78, 5) is 8.64.